The molecule has 2 aromatic carbocycles. The fourth-order valence-corrected chi connectivity index (χ4v) is 4.14. The van der Waals surface area contributed by atoms with Crippen molar-refractivity contribution in [3.8, 4) is 11.8 Å². The molecule has 10 heteroatoms. The van der Waals surface area contributed by atoms with Crippen LogP contribution in [0.5, 0.6) is 5.75 Å². The van der Waals surface area contributed by atoms with E-state index < -0.39 is 27.7 Å². The molecule has 0 amide bonds. The molecular formula is C16H13N3O6S. The molecule has 26 heavy (non-hydrogen) atoms. The van der Waals surface area contributed by atoms with Crippen molar-refractivity contribution in [2.24, 2.45) is 0 Å². The van der Waals surface area contributed by atoms with E-state index in [0.29, 0.717) is 0 Å². The average molecular weight is 375 g/mol. The zero-order chi connectivity index (χ0) is 18.9. The number of hydrogen-bond acceptors (Lipinski definition) is 7. The summed E-state index contributed by atoms with van der Waals surface area (Å²) in [5.41, 5.74) is -0.121. The number of nitriles is 1. The minimum absolute atomic E-state index is 0.00580. The van der Waals surface area contributed by atoms with E-state index in [1.807, 2.05) is 6.07 Å². The Morgan fingerprint density at radius 2 is 2.12 bits per heavy atom. The molecule has 9 nitrogen and oxygen atoms in total. The number of nitro groups is 1. The summed E-state index contributed by atoms with van der Waals surface area (Å²) >= 11 is 0. The van der Waals surface area contributed by atoms with Crippen molar-refractivity contribution in [2.75, 3.05) is 17.5 Å². The van der Waals surface area contributed by atoms with Gasteiger partial charge in [-0.2, -0.15) is 5.26 Å². The normalized spacial score (nSPS) is 16.3. The van der Waals surface area contributed by atoms with Crippen molar-refractivity contribution >= 4 is 21.4 Å². The molecule has 2 aromatic rings. The first-order valence-corrected chi connectivity index (χ1v) is 8.89. The van der Waals surface area contributed by atoms with Crippen molar-refractivity contribution in [3.63, 3.8) is 0 Å². The van der Waals surface area contributed by atoms with Crippen molar-refractivity contribution in [1.82, 2.24) is 0 Å². The van der Waals surface area contributed by atoms with Gasteiger partial charge < -0.3 is 9.84 Å². The van der Waals surface area contributed by atoms with E-state index in [1.165, 1.54) is 36.4 Å². The molecule has 0 fully saturated rings. The van der Waals surface area contributed by atoms with Crippen LogP contribution in [-0.4, -0.2) is 37.7 Å². The third-order valence-electron chi connectivity index (χ3n) is 3.84. The highest BCUT2D eigenvalue weighted by molar-refractivity contribution is 7.92. The van der Waals surface area contributed by atoms with Gasteiger partial charge in [0.25, 0.3) is 15.7 Å². The summed E-state index contributed by atoms with van der Waals surface area (Å²) in [4.78, 5) is 10.3. The number of sulfonamides is 1. The Bertz CT molecular complexity index is 1010. The van der Waals surface area contributed by atoms with Crippen LogP contribution < -0.4 is 9.04 Å². The number of fused-ring (bicyclic) bond motifs is 1. The van der Waals surface area contributed by atoms with E-state index >= 15 is 0 Å². The fourth-order valence-electron chi connectivity index (χ4n) is 2.59. The number of aliphatic hydroxyl groups is 1. The van der Waals surface area contributed by atoms with Gasteiger partial charge in [0.1, 0.15) is 17.5 Å². The van der Waals surface area contributed by atoms with Crippen molar-refractivity contribution in [2.45, 2.75) is 11.0 Å². The highest BCUT2D eigenvalue weighted by Crippen LogP contribution is 2.39. The van der Waals surface area contributed by atoms with E-state index in [9.17, 15) is 23.6 Å². The summed E-state index contributed by atoms with van der Waals surface area (Å²) < 4.78 is 32.6. The second-order valence-corrected chi connectivity index (χ2v) is 7.37. The molecule has 1 aliphatic heterocycles. The molecule has 0 saturated carbocycles. The minimum Gasteiger partial charge on any atom is -0.484 e. The zero-order valence-electron chi connectivity index (χ0n) is 13.3. The summed E-state index contributed by atoms with van der Waals surface area (Å²) in [5, 5.41) is 29.4. The predicted octanol–water partition coefficient (Wildman–Crippen LogP) is 1.42. The van der Waals surface area contributed by atoms with E-state index in [4.69, 9.17) is 10.00 Å². The lowest BCUT2D eigenvalue weighted by molar-refractivity contribution is -0.384. The van der Waals surface area contributed by atoms with Gasteiger partial charge >= 0.3 is 0 Å². The number of benzene rings is 2. The van der Waals surface area contributed by atoms with Crippen LogP contribution in [0.25, 0.3) is 0 Å². The lowest BCUT2D eigenvalue weighted by Gasteiger charge is -2.34. The number of hydrogen-bond donors (Lipinski definition) is 1. The van der Waals surface area contributed by atoms with Crippen LogP contribution in [0.15, 0.2) is 47.4 Å². The number of nitrogens with zero attached hydrogens (tertiary/aromatic N) is 3. The number of ether oxygens (including phenoxy) is 1. The van der Waals surface area contributed by atoms with Gasteiger partial charge in [-0.1, -0.05) is 6.07 Å². The second kappa shape index (κ2) is 6.62. The van der Waals surface area contributed by atoms with E-state index in [0.717, 1.165) is 10.4 Å². The summed E-state index contributed by atoms with van der Waals surface area (Å²) in [6.07, 6.45) is -0.821. The molecule has 1 heterocycles. The highest BCUT2D eigenvalue weighted by atomic mass is 32.2. The second-order valence-electron chi connectivity index (χ2n) is 5.51. The molecule has 134 valence electrons. The minimum atomic E-state index is -4.12. The van der Waals surface area contributed by atoms with Crippen LogP contribution in [0.3, 0.4) is 0 Å². The van der Waals surface area contributed by atoms with Gasteiger partial charge in [-0.25, -0.2) is 8.42 Å². The molecule has 1 atom stereocenters. The molecule has 0 bridgehead atoms. The lowest BCUT2D eigenvalue weighted by atomic mass is 10.2. The van der Waals surface area contributed by atoms with Gasteiger partial charge in [0.05, 0.1) is 34.6 Å². The zero-order valence-corrected chi connectivity index (χ0v) is 14.1. The first kappa shape index (κ1) is 17.7. The molecule has 0 radical (unpaired) electrons. The Hall–Kier alpha value is -3.16. The molecule has 1 N–H and O–H groups in total. The smallest absolute Gasteiger partial charge is 0.271 e. The van der Waals surface area contributed by atoms with Gasteiger partial charge in [-0.3, -0.25) is 14.4 Å². The number of anilines is 1. The molecule has 0 saturated heterocycles. The van der Waals surface area contributed by atoms with Crippen LogP contribution in [0, 0.1) is 21.4 Å². The Kier molecular flexibility index (Phi) is 4.50. The lowest BCUT2D eigenvalue weighted by Crippen LogP contribution is -2.45. The first-order valence-electron chi connectivity index (χ1n) is 7.45. The van der Waals surface area contributed by atoms with Gasteiger partial charge in [0.15, 0.2) is 0 Å². The fraction of sp³-hybridized carbons (Fsp3) is 0.188. The number of aliphatic hydroxyl groups excluding tert-OH is 1. The molecule has 0 spiro atoms. The number of non-ortho nitro benzene ring substituents is 1. The Morgan fingerprint density at radius 1 is 1.35 bits per heavy atom. The van der Waals surface area contributed by atoms with E-state index in [1.54, 1.807) is 0 Å². The number of rotatable bonds is 4. The third-order valence-corrected chi connectivity index (χ3v) is 5.62. The predicted molar refractivity (Wildman–Crippen MR) is 90.3 cm³/mol. The highest BCUT2D eigenvalue weighted by Gasteiger charge is 2.35. The quantitative estimate of drug-likeness (QED) is 0.631. The van der Waals surface area contributed by atoms with E-state index in [2.05, 4.69) is 0 Å². The van der Waals surface area contributed by atoms with Crippen molar-refractivity contribution in [3.05, 3.63) is 58.1 Å². The largest absolute Gasteiger partial charge is 0.484 e. The standard InChI is InChI=1S/C16H13N3O6S/c17-8-11-2-1-3-14(6-11)26(23,24)18-9-13(10-20)25-16-5-4-12(19(21)22)7-15(16)18/h1-7,13,20H,9-10H2. The maximum Gasteiger partial charge on any atom is 0.271 e. The van der Waals surface area contributed by atoms with Crippen LogP contribution in [0.4, 0.5) is 11.4 Å². The van der Waals surface area contributed by atoms with Gasteiger partial charge in [-0.15, -0.1) is 0 Å². The van der Waals surface area contributed by atoms with Crippen LogP contribution in [0.2, 0.25) is 0 Å². The number of nitro benzene ring substituents is 1. The molecule has 1 aliphatic rings. The molecule has 0 aromatic heterocycles. The van der Waals surface area contributed by atoms with Crippen LogP contribution in [-0.2, 0) is 10.0 Å². The van der Waals surface area contributed by atoms with E-state index in [-0.39, 0.29) is 34.1 Å². The molecular weight excluding hydrogens is 362 g/mol. The molecule has 1 unspecified atom stereocenters. The Morgan fingerprint density at radius 3 is 2.77 bits per heavy atom. The summed E-state index contributed by atoms with van der Waals surface area (Å²) in [6, 6.07) is 10.9. The summed E-state index contributed by atoms with van der Waals surface area (Å²) in [6.45, 7) is -0.648. The molecule has 0 aliphatic carbocycles. The average Bonchev–Trinajstić information content (AvgIpc) is 2.66. The Labute approximate surface area is 148 Å². The summed E-state index contributed by atoms with van der Waals surface area (Å²) in [5.74, 6) is 0.112. The van der Waals surface area contributed by atoms with Crippen LogP contribution >= 0.6 is 0 Å². The maximum absolute atomic E-state index is 13.1. The monoisotopic (exact) mass is 375 g/mol. The third kappa shape index (κ3) is 3.05. The molecule has 3 rings (SSSR count). The van der Waals surface area contributed by atoms with Crippen molar-refractivity contribution < 1.29 is 23.2 Å². The Balaban J connectivity index is 2.15. The van der Waals surface area contributed by atoms with Gasteiger partial charge in [0, 0.05) is 12.1 Å². The van der Waals surface area contributed by atoms with Crippen LogP contribution in [0.1, 0.15) is 5.56 Å². The summed E-state index contributed by atoms with van der Waals surface area (Å²) in [7, 11) is -4.12. The first-order chi connectivity index (χ1) is 12.4. The van der Waals surface area contributed by atoms with Gasteiger partial charge in [0.2, 0.25) is 0 Å². The maximum atomic E-state index is 13.1. The SMILES string of the molecule is N#Cc1cccc(S(=O)(=O)N2CC(CO)Oc3ccc([N+](=O)[O-])cc32)c1. The topological polar surface area (TPSA) is 134 Å². The van der Waals surface area contributed by atoms with Gasteiger partial charge in [-0.05, 0) is 24.3 Å². The van der Waals surface area contributed by atoms with Crippen molar-refractivity contribution in [1.29, 1.82) is 5.26 Å².